The molecule has 1 nitrogen and oxygen atoms in total. The first kappa shape index (κ1) is 13.4. The summed E-state index contributed by atoms with van der Waals surface area (Å²) in [6, 6.07) is 10.7. The number of rotatable bonds is 3. The molecular formula is C17H16ClFO. The van der Waals surface area contributed by atoms with Crippen molar-refractivity contribution in [1.82, 2.24) is 0 Å². The fraction of sp³-hybridized carbons (Fsp3) is 0.294. The second-order valence-electron chi connectivity index (χ2n) is 5.17. The van der Waals surface area contributed by atoms with Gasteiger partial charge in [-0.3, -0.25) is 0 Å². The van der Waals surface area contributed by atoms with Crippen LogP contribution in [0.25, 0.3) is 0 Å². The van der Waals surface area contributed by atoms with Gasteiger partial charge in [-0.25, -0.2) is 4.39 Å². The Balaban J connectivity index is 1.85. The molecule has 0 amide bonds. The smallest absolute Gasteiger partial charge is 0.130 e. The van der Waals surface area contributed by atoms with Gasteiger partial charge in [0.25, 0.3) is 0 Å². The summed E-state index contributed by atoms with van der Waals surface area (Å²) in [6.45, 7) is 0. The zero-order valence-corrected chi connectivity index (χ0v) is 11.9. The van der Waals surface area contributed by atoms with Crippen molar-refractivity contribution in [2.45, 2.75) is 31.6 Å². The molecule has 3 rings (SSSR count). The third-order valence-corrected chi connectivity index (χ3v) is 3.95. The van der Waals surface area contributed by atoms with E-state index in [4.69, 9.17) is 16.3 Å². The van der Waals surface area contributed by atoms with Crippen molar-refractivity contribution in [3.8, 4) is 11.5 Å². The molecule has 2 aromatic carbocycles. The Kier molecular flexibility index (Phi) is 3.93. The molecule has 0 bridgehead atoms. The minimum Gasteiger partial charge on any atom is -0.457 e. The summed E-state index contributed by atoms with van der Waals surface area (Å²) in [5.41, 5.74) is 3.48. The van der Waals surface area contributed by atoms with Gasteiger partial charge in [-0.05, 0) is 66.6 Å². The van der Waals surface area contributed by atoms with Gasteiger partial charge in [-0.15, -0.1) is 11.6 Å². The van der Waals surface area contributed by atoms with E-state index in [0.717, 1.165) is 24.2 Å². The first-order valence-electron chi connectivity index (χ1n) is 6.90. The summed E-state index contributed by atoms with van der Waals surface area (Å²) < 4.78 is 19.2. The number of aryl methyl sites for hydroxylation is 2. The van der Waals surface area contributed by atoms with E-state index < -0.39 is 0 Å². The number of halogens is 2. The lowest BCUT2D eigenvalue weighted by atomic mass is 9.92. The number of benzene rings is 2. The van der Waals surface area contributed by atoms with E-state index >= 15 is 0 Å². The average Bonchev–Trinajstić information content (AvgIpc) is 2.46. The zero-order valence-electron chi connectivity index (χ0n) is 11.2. The third-order valence-electron chi connectivity index (χ3n) is 3.64. The molecule has 0 unspecified atom stereocenters. The average molecular weight is 291 g/mol. The van der Waals surface area contributed by atoms with Crippen molar-refractivity contribution in [2.24, 2.45) is 0 Å². The molecule has 0 radical (unpaired) electrons. The molecule has 0 spiro atoms. The van der Waals surface area contributed by atoms with Gasteiger partial charge in [0.2, 0.25) is 0 Å². The highest BCUT2D eigenvalue weighted by atomic mass is 35.5. The quantitative estimate of drug-likeness (QED) is 0.703. The Bertz CT molecular complexity index is 624. The van der Waals surface area contributed by atoms with E-state index in [2.05, 4.69) is 12.1 Å². The minimum atomic E-state index is -0.323. The molecule has 0 N–H and O–H groups in total. The van der Waals surface area contributed by atoms with Gasteiger partial charge in [-0.2, -0.15) is 0 Å². The van der Waals surface area contributed by atoms with E-state index in [1.165, 1.54) is 36.1 Å². The van der Waals surface area contributed by atoms with Crippen LogP contribution in [0.15, 0.2) is 36.4 Å². The van der Waals surface area contributed by atoms with Crippen molar-refractivity contribution in [1.29, 1.82) is 0 Å². The molecule has 2 aromatic rings. The van der Waals surface area contributed by atoms with Crippen molar-refractivity contribution in [3.63, 3.8) is 0 Å². The lowest BCUT2D eigenvalue weighted by molar-refractivity contribution is 0.474. The van der Waals surface area contributed by atoms with E-state index in [1.807, 2.05) is 6.07 Å². The molecule has 0 aliphatic heterocycles. The molecule has 0 atom stereocenters. The van der Waals surface area contributed by atoms with E-state index in [0.29, 0.717) is 5.75 Å². The molecule has 104 valence electrons. The molecule has 1 aliphatic rings. The summed E-state index contributed by atoms with van der Waals surface area (Å²) in [7, 11) is 0. The van der Waals surface area contributed by atoms with Crippen molar-refractivity contribution >= 4 is 11.6 Å². The molecule has 1 aliphatic carbocycles. The number of alkyl halides is 1. The SMILES string of the molecule is Fc1cc(CCl)cc(Oc2ccc3c(c2)CCCC3)c1. The first-order chi connectivity index (χ1) is 9.74. The Morgan fingerprint density at radius 1 is 0.950 bits per heavy atom. The Hall–Kier alpha value is -1.54. The standard InChI is InChI=1S/C17H16ClFO/c18-11-12-7-15(19)10-17(8-12)20-16-6-5-13-3-1-2-4-14(13)9-16/h5-10H,1-4,11H2. The monoisotopic (exact) mass is 290 g/mol. The van der Waals surface area contributed by atoms with E-state index in [-0.39, 0.29) is 11.7 Å². The number of fused-ring (bicyclic) bond motifs is 1. The Labute approximate surface area is 123 Å². The van der Waals surface area contributed by atoms with Crippen LogP contribution in [0.5, 0.6) is 11.5 Å². The molecule has 0 saturated carbocycles. The maximum absolute atomic E-state index is 13.5. The highest BCUT2D eigenvalue weighted by molar-refractivity contribution is 6.17. The lowest BCUT2D eigenvalue weighted by Gasteiger charge is -2.16. The van der Waals surface area contributed by atoms with Crippen LogP contribution in [-0.4, -0.2) is 0 Å². The highest BCUT2D eigenvalue weighted by Gasteiger charge is 2.10. The summed E-state index contributed by atoms with van der Waals surface area (Å²) in [4.78, 5) is 0. The van der Waals surface area contributed by atoms with Crippen LogP contribution in [0.2, 0.25) is 0 Å². The second kappa shape index (κ2) is 5.84. The predicted molar refractivity (Wildman–Crippen MR) is 79.1 cm³/mol. The Morgan fingerprint density at radius 3 is 2.55 bits per heavy atom. The van der Waals surface area contributed by atoms with Gasteiger partial charge < -0.3 is 4.74 Å². The highest BCUT2D eigenvalue weighted by Crippen LogP contribution is 2.29. The van der Waals surface area contributed by atoms with Crippen LogP contribution >= 0.6 is 11.6 Å². The molecule has 0 aromatic heterocycles. The number of ether oxygens (including phenoxy) is 1. The minimum absolute atomic E-state index is 0.276. The van der Waals surface area contributed by atoms with Gasteiger partial charge in [0.05, 0.1) is 0 Å². The Morgan fingerprint density at radius 2 is 1.75 bits per heavy atom. The molecule has 20 heavy (non-hydrogen) atoms. The zero-order chi connectivity index (χ0) is 13.9. The number of hydrogen-bond acceptors (Lipinski definition) is 1. The lowest BCUT2D eigenvalue weighted by Crippen LogP contribution is -2.02. The summed E-state index contributed by atoms with van der Waals surface area (Å²) in [6.07, 6.45) is 4.73. The molecule has 0 saturated heterocycles. The maximum atomic E-state index is 13.5. The van der Waals surface area contributed by atoms with Crippen LogP contribution in [-0.2, 0) is 18.7 Å². The summed E-state index contributed by atoms with van der Waals surface area (Å²) >= 11 is 5.75. The van der Waals surface area contributed by atoms with Crippen molar-refractivity contribution in [3.05, 3.63) is 58.9 Å². The van der Waals surface area contributed by atoms with Crippen LogP contribution < -0.4 is 4.74 Å². The first-order valence-corrected chi connectivity index (χ1v) is 7.43. The number of hydrogen-bond donors (Lipinski definition) is 0. The molecule has 0 fully saturated rings. The van der Waals surface area contributed by atoms with Crippen molar-refractivity contribution in [2.75, 3.05) is 0 Å². The van der Waals surface area contributed by atoms with Gasteiger partial charge in [0.1, 0.15) is 17.3 Å². The van der Waals surface area contributed by atoms with Gasteiger partial charge in [0.15, 0.2) is 0 Å². The van der Waals surface area contributed by atoms with Gasteiger partial charge >= 0.3 is 0 Å². The largest absolute Gasteiger partial charge is 0.457 e. The van der Waals surface area contributed by atoms with Crippen LogP contribution in [0.4, 0.5) is 4.39 Å². The van der Waals surface area contributed by atoms with Gasteiger partial charge in [-0.1, -0.05) is 6.07 Å². The van der Waals surface area contributed by atoms with Crippen LogP contribution in [0.3, 0.4) is 0 Å². The third kappa shape index (κ3) is 2.96. The van der Waals surface area contributed by atoms with Crippen LogP contribution in [0, 0.1) is 5.82 Å². The second-order valence-corrected chi connectivity index (χ2v) is 5.44. The summed E-state index contributed by atoms with van der Waals surface area (Å²) in [5.74, 6) is 1.21. The molecule has 0 heterocycles. The van der Waals surface area contributed by atoms with Crippen LogP contribution in [0.1, 0.15) is 29.5 Å². The fourth-order valence-electron chi connectivity index (χ4n) is 2.67. The maximum Gasteiger partial charge on any atom is 0.130 e. The normalized spacial score (nSPS) is 13.9. The van der Waals surface area contributed by atoms with E-state index in [1.54, 1.807) is 6.07 Å². The fourth-order valence-corrected chi connectivity index (χ4v) is 2.82. The van der Waals surface area contributed by atoms with Gasteiger partial charge in [0, 0.05) is 11.9 Å². The van der Waals surface area contributed by atoms with E-state index in [9.17, 15) is 4.39 Å². The van der Waals surface area contributed by atoms with Crippen molar-refractivity contribution < 1.29 is 9.13 Å². The predicted octanol–water partition coefficient (Wildman–Crippen LogP) is 5.24. The summed E-state index contributed by atoms with van der Waals surface area (Å²) in [5, 5.41) is 0. The molecule has 3 heteroatoms. The molecular weight excluding hydrogens is 275 g/mol. The topological polar surface area (TPSA) is 9.23 Å².